The SMILES string of the molecule is CCC(C)n1c(SCC(C)=O)nc2sc3c(c2c1=O)CCCCC3. The molecule has 0 bridgehead atoms. The van der Waals surface area contributed by atoms with Gasteiger partial charge in [0.1, 0.15) is 10.6 Å². The van der Waals surface area contributed by atoms with Crippen LogP contribution in [0.5, 0.6) is 0 Å². The third-order valence-electron chi connectivity index (χ3n) is 4.67. The minimum atomic E-state index is 0.0832. The third kappa shape index (κ3) is 3.31. The molecule has 0 amide bonds. The molecule has 1 aliphatic carbocycles. The van der Waals surface area contributed by atoms with E-state index in [0.717, 1.165) is 35.9 Å². The predicted molar refractivity (Wildman–Crippen MR) is 102 cm³/mol. The van der Waals surface area contributed by atoms with Gasteiger partial charge in [0.25, 0.3) is 5.56 Å². The Balaban J connectivity index is 2.20. The van der Waals surface area contributed by atoms with Crippen molar-refractivity contribution >= 4 is 39.1 Å². The standard InChI is InChI=1S/C18H24N2O2S2/c1-4-11(2)20-17(22)15-13-8-6-5-7-9-14(13)24-16(15)19-18(20)23-10-12(3)21/h11H,4-10H2,1-3H3. The number of rotatable bonds is 5. The highest BCUT2D eigenvalue weighted by Crippen LogP contribution is 2.34. The molecule has 0 aromatic carbocycles. The van der Waals surface area contributed by atoms with Crippen LogP contribution in [0.3, 0.4) is 0 Å². The maximum absolute atomic E-state index is 13.3. The fourth-order valence-electron chi connectivity index (χ4n) is 3.21. The van der Waals surface area contributed by atoms with Crippen LogP contribution in [0.4, 0.5) is 0 Å². The van der Waals surface area contributed by atoms with Gasteiger partial charge >= 0.3 is 0 Å². The van der Waals surface area contributed by atoms with E-state index in [-0.39, 0.29) is 17.4 Å². The van der Waals surface area contributed by atoms with Crippen molar-refractivity contribution in [3.8, 4) is 0 Å². The van der Waals surface area contributed by atoms with Crippen molar-refractivity contribution in [3.63, 3.8) is 0 Å². The molecule has 4 nitrogen and oxygen atoms in total. The summed E-state index contributed by atoms with van der Waals surface area (Å²) in [4.78, 5) is 31.7. The average Bonchev–Trinajstić information content (AvgIpc) is 2.74. The van der Waals surface area contributed by atoms with Crippen LogP contribution in [0.1, 0.15) is 62.9 Å². The van der Waals surface area contributed by atoms with Gasteiger partial charge in [-0.1, -0.05) is 25.1 Å². The van der Waals surface area contributed by atoms with Crippen molar-refractivity contribution in [3.05, 3.63) is 20.8 Å². The van der Waals surface area contributed by atoms with Crippen molar-refractivity contribution < 1.29 is 4.79 Å². The van der Waals surface area contributed by atoms with Crippen LogP contribution in [0.25, 0.3) is 10.2 Å². The normalized spacial score (nSPS) is 16.0. The number of hydrogen-bond donors (Lipinski definition) is 0. The largest absolute Gasteiger partial charge is 0.299 e. The lowest BCUT2D eigenvalue weighted by Gasteiger charge is -2.17. The van der Waals surface area contributed by atoms with E-state index in [2.05, 4.69) is 13.8 Å². The van der Waals surface area contributed by atoms with Gasteiger partial charge in [-0.3, -0.25) is 14.2 Å². The van der Waals surface area contributed by atoms with Gasteiger partial charge in [0, 0.05) is 10.9 Å². The van der Waals surface area contributed by atoms with Crippen molar-refractivity contribution in [2.75, 3.05) is 5.75 Å². The summed E-state index contributed by atoms with van der Waals surface area (Å²) in [7, 11) is 0. The zero-order valence-corrected chi connectivity index (χ0v) is 16.2. The Morgan fingerprint density at radius 3 is 2.79 bits per heavy atom. The Labute approximate surface area is 150 Å². The first kappa shape index (κ1) is 17.7. The number of aryl methyl sites for hydroxylation is 2. The topological polar surface area (TPSA) is 52.0 Å². The van der Waals surface area contributed by atoms with E-state index in [9.17, 15) is 9.59 Å². The van der Waals surface area contributed by atoms with Crippen LogP contribution >= 0.6 is 23.1 Å². The quantitative estimate of drug-likeness (QED) is 0.449. The van der Waals surface area contributed by atoms with Gasteiger partial charge < -0.3 is 0 Å². The first-order valence-electron chi connectivity index (χ1n) is 8.72. The second kappa shape index (κ2) is 7.40. The summed E-state index contributed by atoms with van der Waals surface area (Å²) >= 11 is 3.07. The van der Waals surface area contributed by atoms with E-state index in [0.29, 0.717) is 10.9 Å². The zero-order valence-electron chi connectivity index (χ0n) is 14.6. The van der Waals surface area contributed by atoms with Crippen LogP contribution in [-0.4, -0.2) is 21.1 Å². The van der Waals surface area contributed by atoms with E-state index in [4.69, 9.17) is 4.98 Å². The number of Topliss-reactive ketones (excluding diaryl/α,β-unsaturated/α-hetero) is 1. The molecule has 0 saturated carbocycles. The van der Waals surface area contributed by atoms with Gasteiger partial charge in [0.05, 0.1) is 11.1 Å². The minimum absolute atomic E-state index is 0.0832. The molecule has 0 aliphatic heterocycles. The van der Waals surface area contributed by atoms with E-state index in [1.54, 1.807) is 18.3 Å². The molecule has 6 heteroatoms. The van der Waals surface area contributed by atoms with E-state index >= 15 is 0 Å². The van der Waals surface area contributed by atoms with Gasteiger partial charge in [-0.15, -0.1) is 11.3 Å². The number of thiophene rings is 1. The van der Waals surface area contributed by atoms with Gasteiger partial charge in [0.15, 0.2) is 5.16 Å². The third-order valence-corrected chi connectivity index (χ3v) is 6.96. The number of carbonyl (C=O) groups is 1. The molecular weight excluding hydrogens is 340 g/mol. The Kier molecular flexibility index (Phi) is 5.45. The Bertz CT molecular complexity index is 823. The molecule has 1 aliphatic rings. The molecule has 1 atom stereocenters. The number of thioether (sulfide) groups is 1. The molecule has 1 unspecified atom stereocenters. The molecular formula is C18H24N2O2S2. The Hall–Kier alpha value is -1.14. The summed E-state index contributed by atoms with van der Waals surface area (Å²) in [5.74, 6) is 0.464. The second-order valence-electron chi connectivity index (χ2n) is 6.56. The van der Waals surface area contributed by atoms with Crippen LogP contribution in [-0.2, 0) is 17.6 Å². The van der Waals surface area contributed by atoms with E-state index < -0.39 is 0 Å². The molecule has 2 aromatic heterocycles. The Morgan fingerprint density at radius 2 is 2.08 bits per heavy atom. The first-order valence-corrected chi connectivity index (χ1v) is 10.5. The molecule has 130 valence electrons. The number of fused-ring (bicyclic) bond motifs is 3. The lowest BCUT2D eigenvalue weighted by Crippen LogP contribution is -2.26. The van der Waals surface area contributed by atoms with Crippen LogP contribution < -0.4 is 5.56 Å². The molecule has 2 aromatic rings. The highest BCUT2D eigenvalue weighted by molar-refractivity contribution is 7.99. The lowest BCUT2D eigenvalue weighted by molar-refractivity contribution is -0.114. The number of nitrogens with zero attached hydrogens (tertiary/aromatic N) is 2. The average molecular weight is 365 g/mol. The molecule has 24 heavy (non-hydrogen) atoms. The minimum Gasteiger partial charge on any atom is -0.299 e. The molecule has 0 fully saturated rings. The number of hydrogen-bond acceptors (Lipinski definition) is 5. The van der Waals surface area contributed by atoms with Crippen molar-refractivity contribution in [1.29, 1.82) is 0 Å². The number of carbonyl (C=O) groups excluding carboxylic acids is 1. The van der Waals surface area contributed by atoms with Crippen LogP contribution in [0, 0.1) is 0 Å². The summed E-state index contributed by atoms with van der Waals surface area (Å²) in [6.07, 6.45) is 6.52. The predicted octanol–water partition coefficient (Wildman–Crippen LogP) is 4.38. The maximum Gasteiger partial charge on any atom is 0.263 e. The van der Waals surface area contributed by atoms with Gasteiger partial charge in [-0.25, -0.2) is 4.98 Å². The van der Waals surface area contributed by atoms with Crippen molar-refractivity contribution in [2.24, 2.45) is 0 Å². The van der Waals surface area contributed by atoms with E-state index in [1.807, 2.05) is 4.57 Å². The zero-order chi connectivity index (χ0) is 17.3. The fourth-order valence-corrected chi connectivity index (χ4v) is 5.41. The molecule has 2 heterocycles. The number of aromatic nitrogens is 2. The lowest BCUT2D eigenvalue weighted by atomic mass is 10.1. The highest BCUT2D eigenvalue weighted by Gasteiger charge is 2.23. The smallest absolute Gasteiger partial charge is 0.263 e. The monoisotopic (exact) mass is 364 g/mol. The molecule has 0 saturated heterocycles. The van der Waals surface area contributed by atoms with Crippen molar-refractivity contribution in [1.82, 2.24) is 9.55 Å². The maximum atomic E-state index is 13.3. The van der Waals surface area contributed by atoms with Crippen LogP contribution in [0.2, 0.25) is 0 Å². The molecule has 0 radical (unpaired) electrons. The number of ketones is 1. The summed E-state index contributed by atoms with van der Waals surface area (Å²) in [5.41, 5.74) is 1.32. The van der Waals surface area contributed by atoms with Gasteiger partial charge in [-0.05, 0) is 51.5 Å². The van der Waals surface area contributed by atoms with Gasteiger partial charge in [0.2, 0.25) is 0 Å². The summed E-state index contributed by atoms with van der Waals surface area (Å²) < 4.78 is 1.81. The molecule has 3 rings (SSSR count). The summed E-state index contributed by atoms with van der Waals surface area (Å²) in [6, 6.07) is 0.0881. The second-order valence-corrected chi connectivity index (χ2v) is 8.59. The van der Waals surface area contributed by atoms with Crippen molar-refractivity contribution in [2.45, 2.75) is 70.5 Å². The highest BCUT2D eigenvalue weighted by atomic mass is 32.2. The molecule has 0 spiro atoms. The molecule has 0 N–H and O–H groups in total. The fraction of sp³-hybridized carbons (Fsp3) is 0.611. The first-order chi connectivity index (χ1) is 11.5. The van der Waals surface area contributed by atoms with Crippen LogP contribution in [0.15, 0.2) is 9.95 Å². The van der Waals surface area contributed by atoms with Gasteiger partial charge in [-0.2, -0.15) is 0 Å². The van der Waals surface area contributed by atoms with E-state index in [1.165, 1.54) is 35.0 Å². The summed E-state index contributed by atoms with van der Waals surface area (Å²) in [5, 5.41) is 1.53. The Morgan fingerprint density at radius 1 is 1.33 bits per heavy atom. The summed E-state index contributed by atoms with van der Waals surface area (Å²) in [6.45, 7) is 5.71.